The first-order valence-corrected chi connectivity index (χ1v) is 10.1. The van der Waals surface area contributed by atoms with Crippen LogP contribution in [0.5, 0.6) is 0 Å². The van der Waals surface area contributed by atoms with Crippen molar-refractivity contribution in [3.8, 4) is 18.2 Å². The summed E-state index contributed by atoms with van der Waals surface area (Å²) in [5, 5.41) is 39.3. The molecule has 2 aliphatic heterocycles. The van der Waals surface area contributed by atoms with Gasteiger partial charge < -0.3 is 9.47 Å². The van der Waals surface area contributed by atoms with Crippen LogP contribution in [0.1, 0.15) is 29.7 Å². The molecule has 0 saturated carbocycles. The van der Waals surface area contributed by atoms with Gasteiger partial charge in [0.15, 0.2) is 5.41 Å². The van der Waals surface area contributed by atoms with Gasteiger partial charge in [0.1, 0.15) is 6.10 Å². The second kappa shape index (κ2) is 6.67. The maximum Gasteiger partial charge on any atom is 0.244 e. The molecule has 0 spiro atoms. The minimum absolute atomic E-state index is 0.418. The fourth-order valence-electron chi connectivity index (χ4n) is 4.59. The van der Waals surface area contributed by atoms with Crippen molar-refractivity contribution in [2.24, 2.45) is 16.7 Å². The largest absolute Gasteiger partial charge is 0.443 e. The molecule has 0 aliphatic carbocycles. The first-order valence-electron chi connectivity index (χ1n) is 9.33. The summed E-state index contributed by atoms with van der Waals surface area (Å²) in [5.74, 6) is -2.66. The number of ether oxygens (including phenoxy) is 2. The van der Waals surface area contributed by atoms with Gasteiger partial charge in [-0.3, -0.25) is 5.41 Å². The van der Waals surface area contributed by atoms with Crippen molar-refractivity contribution in [1.29, 1.82) is 21.2 Å². The summed E-state index contributed by atoms with van der Waals surface area (Å²) in [6.45, 7) is 3.62. The van der Waals surface area contributed by atoms with Gasteiger partial charge in [0.2, 0.25) is 17.1 Å². The molecule has 4 unspecified atom stereocenters. The molecule has 2 aromatic rings. The Morgan fingerprint density at radius 2 is 1.57 bits per heavy atom. The molecule has 2 fully saturated rings. The molecule has 2 saturated heterocycles. The fraction of sp³-hybridized carbons (Fsp3) is 0.304. The molecule has 7 heteroatoms. The zero-order valence-electron chi connectivity index (χ0n) is 16.3. The highest BCUT2D eigenvalue weighted by Crippen LogP contribution is 2.68. The van der Waals surface area contributed by atoms with Crippen molar-refractivity contribution in [2.45, 2.75) is 25.7 Å². The lowest BCUT2D eigenvalue weighted by atomic mass is 9.53. The van der Waals surface area contributed by atoms with E-state index in [0.717, 1.165) is 10.0 Å². The van der Waals surface area contributed by atoms with E-state index in [-0.39, 0.29) is 0 Å². The summed E-state index contributed by atoms with van der Waals surface area (Å²) in [5.41, 5.74) is -1.55. The number of benzene rings is 2. The first-order chi connectivity index (χ1) is 14.3. The highest BCUT2D eigenvalue weighted by Gasteiger charge is 2.79. The van der Waals surface area contributed by atoms with Crippen LogP contribution in [0.25, 0.3) is 0 Å². The number of aryl methyl sites for hydroxylation is 1. The fourth-order valence-corrected chi connectivity index (χ4v) is 4.86. The molecular formula is C23H17BrN4O2. The molecule has 2 heterocycles. The molecule has 2 bridgehead atoms. The maximum absolute atomic E-state index is 10.3. The third-order valence-corrected chi connectivity index (χ3v) is 6.82. The lowest BCUT2D eigenvalue weighted by molar-refractivity contribution is -0.288. The lowest BCUT2D eigenvalue weighted by Gasteiger charge is -2.48. The van der Waals surface area contributed by atoms with Crippen LogP contribution >= 0.6 is 15.9 Å². The standard InChI is InChI=1S/C23H17BrN4O2/c1-14-3-5-16(6-4-14)19-21(11-25,12-26)22(13-27)15(2)23(29-19,30-20(22)28)17-7-9-18(24)10-8-17/h3-10,15,19,28H,1-2H3. The second-order valence-corrected chi connectivity index (χ2v) is 8.60. The van der Waals surface area contributed by atoms with Gasteiger partial charge in [-0.2, -0.15) is 15.8 Å². The zero-order valence-corrected chi connectivity index (χ0v) is 17.9. The van der Waals surface area contributed by atoms with E-state index in [1.165, 1.54) is 0 Å². The van der Waals surface area contributed by atoms with Crippen LogP contribution in [0.4, 0.5) is 0 Å². The van der Waals surface area contributed by atoms with E-state index in [4.69, 9.17) is 14.9 Å². The number of nitriles is 3. The van der Waals surface area contributed by atoms with E-state index in [0.29, 0.717) is 11.1 Å². The normalized spacial score (nSPS) is 31.1. The summed E-state index contributed by atoms with van der Waals surface area (Å²) in [6.07, 6.45) is -1.09. The summed E-state index contributed by atoms with van der Waals surface area (Å²) in [4.78, 5) is 0. The average Bonchev–Trinajstić information content (AvgIpc) is 2.91. The van der Waals surface area contributed by atoms with Crippen molar-refractivity contribution in [1.82, 2.24) is 0 Å². The van der Waals surface area contributed by atoms with E-state index >= 15 is 0 Å². The molecule has 0 aromatic heterocycles. The number of halogens is 1. The van der Waals surface area contributed by atoms with Crippen LogP contribution in [-0.2, 0) is 15.3 Å². The van der Waals surface area contributed by atoms with Crippen LogP contribution in [0.15, 0.2) is 53.0 Å². The molecule has 4 atom stereocenters. The van der Waals surface area contributed by atoms with Crippen molar-refractivity contribution in [3.63, 3.8) is 0 Å². The van der Waals surface area contributed by atoms with E-state index in [2.05, 4.69) is 34.1 Å². The van der Waals surface area contributed by atoms with Crippen molar-refractivity contribution >= 4 is 21.8 Å². The van der Waals surface area contributed by atoms with E-state index in [9.17, 15) is 15.8 Å². The molecule has 2 aromatic carbocycles. The Morgan fingerprint density at radius 3 is 2.10 bits per heavy atom. The molecule has 4 rings (SSSR count). The molecule has 1 N–H and O–H groups in total. The Labute approximate surface area is 182 Å². The van der Waals surface area contributed by atoms with Crippen LogP contribution in [0, 0.1) is 63.1 Å². The van der Waals surface area contributed by atoms with E-state index < -0.39 is 34.5 Å². The topological polar surface area (TPSA) is 114 Å². The minimum atomic E-state index is -1.96. The number of nitrogens with zero attached hydrogens (tertiary/aromatic N) is 3. The van der Waals surface area contributed by atoms with Crippen LogP contribution in [0.2, 0.25) is 0 Å². The maximum atomic E-state index is 10.3. The predicted octanol–water partition coefficient (Wildman–Crippen LogP) is 4.87. The molecular weight excluding hydrogens is 444 g/mol. The van der Waals surface area contributed by atoms with Crippen molar-refractivity contribution in [2.75, 3.05) is 0 Å². The monoisotopic (exact) mass is 460 g/mol. The summed E-state index contributed by atoms with van der Waals surface area (Å²) >= 11 is 3.40. The zero-order chi connectivity index (χ0) is 21.7. The van der Waals surface area contributed by atoms with E-state index in [1.807, 2.05) is 31.2 Å². The van der Waals surface area contributed by atoms with Crippen molar-refractivity contribution in [3.05, 3.63) is 69.7 Å². The highest BCUT2D eigenvalue weighted by atomic mass is 79.9. The SMILES string of the molecule is Cc1ccc(C2OC3(c4ccc(Br)cc4)OC(=N)C(C#N)(C3C)C2(C#N)C#N)cc1. The van der Waals surface area contributed by atoms with Gasteiger partial charge in [0.05, 0.1) is 24.1 Å². The lowest BCUT2D eigenvalue weighted by Crippen LogP contribution is -2.57. The second-order valence-electron chi connectivity index (χ2n) is 7.69. The van der Waals surface area contributed by atoms with Crippen molar-refractivity contribution < 1.29 is 9.47 Å². The third kappa shape index (κ3) is 2.27. The van der Waals surface area contributed by atoms with Gasteiger partial charge in [0.25, 0.3) is 0 Å². The molecule has 30 heavy (non-hydrogen) atoms. The predicted molar refractivity (Wildman–Crippen MR) is 111 cm³/mol. The number of hydrogen-bond acceptors (Lipinski definition) is 6. The Balaban J connectivity index is 2.03. The molecule has 148 valence electrons. The molecule has 2 aliphatic rings. The summed E-state index contributed by atoms with van der Waals surface area (Å²) in [7, 11) is 0. The molecule has 0 amide bonds. The quantitative estimate of drug-likeness (QED) is 0.686. The minimum Gasteiger partial charge on any atom is -0.443 e. The van der Waals surface area contributed by atoms with Crippen LogP contribution in [0.3, 0.4) is 0 Å². The Bertz CT molecular complexity index is 1140. The van der Waals surface area contributed by atoms with Gasteiger partial charge in [-0.05, 0) is 24.6 Å². The summed E-state index contributed by atoms with van der Waals surface area (Å²) in [6, 6.07) is 20.7. The first kappa shape index (κ1) is 20.1. The van der Waals surface area contributed by atoms with Gasteiger partial charge in [-0.25, -0.2) is 0 Å². The van der Waals surface area contributed by atoms with Gasteiger partial charge in [-0.1, -0.05) is 64.8 Å². The Hall–Kier alpha value is -3.18. The van der Waals surface area contributed by atoms with Gasteiger partial charge in [0, 0.05) is 10.0 Å². The number of rotatable bonds is 2. The molecule has 6 nitrogen and oxygen atoms in total. The number of hydrogen-bond donors (Lipinski definition) is 1. The average molecular weight is 461 g/mol. The number of fused-ring (bicyclic) bond motifs is 2. The Kier molecular flexibility index (Phi) is 4.47. The van der Waals surface area contributed by atoms with Crippen LogP contribution < -0.4 is 0 Å². The van der Waals surface area contributed by atoms with E-state index in [1.54, 1.807) is 31.2 Å². The van der Waals surface area contributed by atoms with Gasteiger partial charge in [-0.15, -0.1) is 0 Å². The van der Waals surface area contributed by atoms with Crippen LogP contribution in [-0.4, -0.2) is 5.90 Å². The number of nitrogens with one attached hydrogen (secondary N) is 1. The Morgan fingerprint density at radius 1 is 0.967 bits per heavy atom. The third-order valence-electron chi connectivity index (χ3n) is 6.30. The molecule has 0 radical (unpaired) electrons. The highest BCUT2D eigenvalue weighted by molar-refractivity contribution is 9.10. The summed E-state index contributed by atoms with van der Waals surface area (Å²) < 4.78 is 13.3. The van der Waals surface area contributed by atoms with Gasteiger partial charge >= 0.3 is 0 Å². The smallest absolute Gasteiger partial charge is 0.244 e.